The molecule has 0 aromatic carbocycles. The summed E-state index contributed by atoms with van der Waals surface area (Å²) in [6.07, 6.45) is 5.68. The molecule has 0 aliphatic heterocycles. The average Bonchev–Trinajstić information content (AvgIpc) is 2.01. The minimum atomic E-state index is -0.219. The largest absolute Gasteiger partial charge is 0.461 e. The van der Waals surface area contributed by atoms with Crippen LogP contribution in [0.2, 0.25) is 0 Å². The Bertz CT molecular complexity index is 152. The van der Waals surface area contributed by atoms with Gasteiger partial charge in [0.2, 0.25) is 0 Å². The van der Waals surface area contributed by atoms with Gasteiger partial charge in [-0.05, 0) is 12.6 Å². The lowest BCUT2D eigenvalue weighted by Gasteiger charge is -1.97. The first-order valence-corrected chi connectivity index (χ1v) is 3.44. The monoisotopic (exact) mass is 155 g/mol. The third-order valence-electron chi connectivity index (χ3n) is 1.01. The van der Waals surface area contributed by atoms with Crippen LogP contribution >= 0.6 is 0 Å². The Morgan fingerprint density at radius 2 is 2.36 bits per heavy atom. The van der Waals surface area contributed by atoms with Gasteiger partial charge in [0.25, 0.3) is 0 Å². The number of nitrogens with two attached hydrogens (primary N) is 1. The molecule has 0 fully saturated rings. The van der Waals surface area contributed by atoms with Crippen molar-refractivity contribution < 1.29 is 9.53 Å². The van der Waals surface area contributed by atoms with Crippen LogP contribution in [0.25, 0.3) is 0 Å². The van der Waals surface area contributed by atoms with Crippen LogP contribution in [0.3, 0.4) is 0 Å². The molecule has 0 rings (SSSR count). The Balaban J connectivity index is 3.29. The van der Waals surface area contributed by atoms with Crippen LogP contribution in [-0.2, 0) is 9.53 Å². The molecule has 2 N–H and O–H groups in total. The molecule has 0 aromatic heterocycles. The molecule has 62 valence electrons. The number of ether oxygens (including phenoxy) is 1. The van der Waals surface area contributed by atoms with Crippen molar-refractivity contribution in [3.63, 3.8) is 0 Å². The highest BCUT2D eigenvalue weighted by molar-refractivity contribution is 5.69. The van der Waals surface area contributed by atoms with E-state index >= 15 is 0 Å². The Kier molecular flexibility index (Phi) is 6.08. The minimum Gasteiger partial charge on any atom is -0.461 e. The van der Waals surface area contributed by atoms with E-state index in [1.54, 1.807) is 6.08 Å². The third kappa shape index (κ3) is 6.64. The van der Waals surface area contributed by atoms with E-state index in [1.165, 1.54) is 12.3 Å². The van der Waals surface area contributed by atoms with Crippen molar-refractivity contribution in [2.45, 2.75) is 12.8 Å². The Hall–Kier alpha value is -1.25. The fourth-order valence-electron chi connectivity index (χ4n) is 0.521. The van der Waals surface area contributed by atoms with Gasteiger partial charge in [0.1, 0.15) is 6.61 Å². The molecule has 0 unspecified atom stereocenters. The zero-order valence-electron chi connectivity index (χ0n) is 6.45. The topological polar surface area (TPSA) is 52.3 Å². The fourth-order valence-corrected chi connectivity index (χ4v) is 0.521. The average molecular weight is 155 g/mol. The molecule has 0 atom stereocenters. The van der Waals surface area contributed by atoms with Gasteiger partial charge in [0.05, 0.1) is 0 Å². The second-order valence-electron chi connectivity index (χ2n) is 1.94. The molecule has 0 spiro atoms. The number of allylic oxidation sites excluding steroid dienone is 1. The summed E-state index contributed by atoms with van der Waals surface area (Å²) in [7, 11) is 0. The molecule has 0 bridgehead atoms. The summed E-state index contributed by atoms with van der Waals surface area (Å²) in [6.45, 7) is 3.70. The van der Waals surface area contributed by atoms with E-state index in [4.69, 9.17) is 10.5 Å². The van der Waals surface area contributed by atoms with Crippen LogP contribution in [0.1, 0.15) is 12.8 Å². The summed E-state index contributed by atoms with van der Waals surface area (Å²) in [5, 5.41) is 0. The first kappa shape index (κ1) is 9.75. The van der Waals surface area contributed by atoms with Crippen molar-refractivity contribution in [1.29, 1.82) is 0 Å². The highest BCUT2D eigenvalue weighted by Crippen LogP contribution is 1.93. The van der Waals surface area contributed by atoms with Crippen LogP contribution in [0.5, 0.6) is 0 Å². The SMILES string of the molecule is C=CCOC(=O)CC/C=C\N. The third-order valence-corrected chi connectivity index (χ3v) is 1.01. The summed E-state index contributed by atoms with van der Waals surface area (Å²) < 4.78 is 4.71. The van der Waals surface area contributed by atoms with Gasteiger partial charge in [0, 0.05) is 6.42 Å². The summed E-state index contributed by atoms with van der Waals surface area (Å²) in [5.74, 6) is -0.219. The zero-order valence-corrected chi connectivity index (χ0v) is 6.45. The van der Waals surface area contributed by atoms with E-state index in [-0.39, 0.29) is 12.6 Å². The van der Waals surface area contributed by atoms with Crippen LogP contribution in [0.15, 0.2) is 24.9 Å². The molecule has 0 aromatic rings. The standard InChI is InChI=1S/C8H13NO2/c1-2-7-11-8(10)5-3-4-6-9/h2,4,6H,1,3,5,7,9H2/b6-4-. The van der Waals surface area contributed by atoms with Gasteiger partial charge in [-0.2, -0.15) is 0 Å². The maximum absolute atomic E-state index is 10.7. The lowest BCUT2D eigenvalue weighted by Crippen LogP contribution is -2.03. The summed E-state index contributed by atoms with van der Waals surface area (Å²) in [5.41, 5.74) is 5.07. The normalized spacial score (nSPS) is 9.82. The van der Waals surface area contributed by atoms with Crippen molar-refractivity contribution in [1.82, 2.24) is 0 Å². The molecule has 0 amide bonds. The summed E-state index contributed by atoms with van der Waals surface area (Å²) in [4.78, 5) is 10.7. The number of carbonyl (C=O) groups is 1. The predicted octanol–water partition coefficient (Wildman–Crippen LogP) is 0.968. The van der Waals surface area contributed by atoms with E-state index in [0.29, 0.717) is 12.8 Å². The lowest BCUT2D eigenvalue weighted by atomic mass is 10.3. The van der Waals surface area contributed by atoms with Crippen molar-refractivity contribution in [2.75, 3.05) is 6.61 Å². The van der Waals surface area contributed by atoms with Crippen LogP contribution < -0.4 is 5.73 Å². The molecular weight excluding hydrogens is 142 g/mol. The number of hydrogen-bond donors (Lipinski definition) is 1. The first-order valence-electron chi connectivity index (χ1n) is 3.44. The van der Waals surface area contributed by atoms with Gasteiger partial charge in [-0.25, -0.2) is 0 Å². The molecule has 0 heterocycles. The van der Waals surface area contributed by atoms with Crippen LogP contribution in [0.4, 0.5) is 0 Å². The second-order valence-corrected chi connectivity index (χ2v) is 1.94. The van der Waals surface area contributed by atoms with E-state index in [2.05, 4.69) is 6.58 Å². The fraction of sp³-hybridized carbons (Fsp3) is 0.375. The molecule has 3 heteroatoms. The second kappa shape index (κ2) is 6.86. The Morgan fingerprint density at radius 1 is 1.64 bits per heavy atom. The number of esters is 1. The number of carbonyl (C=O) groups excluding carboxylic acids is 1. The van der Waals surface area contributed by atoms with E-state index in [1.807, 2.05) is 0 Å². The molecule has 0 saturated heterocycles. The van der Waals surface area contributed by atoms with Gasteiger partial charge >= 0.3 is 5.97 Å². The lowest BCUT2D eigenvalue weighted by molar-refractivity contribution is -0.142. The smallest absolute Gasteiger partial charge is 0.306 e. The molecule has 0 aliphatic carbocycles. The van der Waals surface area contributed by atoms with Gasteiger partial charge < -0.3 is 10.5 Å². The van der Waals surface area contributed by atoms with Gasteiger partial charge in [-0.3, -0.25) is 4.79 Å². The molecule has 0 aliphatic rings. The van der Waals surface area contributed by atoms with Crippen LogP contribution in [-0.4, -0.2) is 12.6 Å². The minimum absolute atomic E-state index is 0.219. The highest BCUT2D eigenvalue weighted by atomic mass is 16.5. The first-order chi connectivity index (χ1) is 5.31. The number of hydrogen-bond acceptors (Lipinski definition) is 3. The highest BCUT2D eigenvalue weighted by Gasteiger charge is 1.97. The molecule has 3 nitrogen and oxygen atoms in total. The molecule has 0 radical (unpaired) electrons. The number of rotatable bonds is 5. The van der Waals surface area contributed by atoms with Crippen molar-refractivity contribution >= 4 is 5.97 Å². The maximum Gasteiger partial charge on any atom is 0.306 e. The molecule has 0 saturated carbocycles. The van der Waals surface area contributed by atoms with E-state index in [0.717, 1.165) is 0 Å². The zero-order chi connectivity index (χ0) is 8.53. The summed E-state index contributed by atoms with van der Waals surface area (Å²) in [6, 6.07) is 0. The van der Waals surface area contributed by atoms with Crippen LogP contribution in [0, 0.1) is 0 Å². The van der Waals surface area contributed by atoms with E-state index in [9.17, 15) is 4.79 Å². The maximum atomic E-state index is 10.7. The predicted molar refractivity (Wildman–Crippen MR) is 43.7 cm³/mol. The van der Waals surface area contributed by atoms with Crippen molar-refractivity contribution in [3.8, 4) is 0 Å². The Morgan fingerprint density at radius 3 is 2.91 bits per heavy atom. The van der Waals surface area contributed by atoms with Crippen molar-refractivity contribution in [2.24, 2.45) is 5.73 Å². The van der Waals surface area contributed by atoms with Gasteiger partial charge in [-0.15, -0.1) is 0 Å². The summed E-state index contributed by atoms with van der Waals surface area (Å²) >= 11 is 0. The quantitative estimate of drug-likeness (QED) is 0.475. The van der Waals surface area contributed by atoms with Crippen molar-refractivity contribution in [3.05, 3.63) is 24.9 Å². The van der Waals surface area contributed by atoms with Gasteiger partial charge in [0.15, 0.2) is 0 Å². The molecular formula is C8H13NO2. The molecule has 11 heavy (non-hydrogen) atoms. The Labute approximate surface area is 66.5 Å². The van der Waals surface area contributed by atoms with Gasteiger partial charge in [-0.1, -0.05) is 18.7 Å². The van der Waals surface area contributed by atoms with E-state index < -0.39 is 0 Å².